The van der Waals surface area contributed by atoms with E-state index >= 15 is 0 Å². The number of benzene rings is 1. The molecule has 0 aliphatic carbocycles. The molecule has 0 aromatic heterocycles. The van der Waals surface area contributed by atoms with Crippen LogP contribution in [-0.4, -0.2) is 30.4 Å². The van der Waals surface area contributed by atoms with Crippen molar-refractivity contribution in [2.75, 3.05) is 23.9 Å². The van der Waals surface area contributed by atoms with Crippen LogP contribution in [0, 0.1) is 6.92 Å². The lowest BCUT2D eigenvalue weighted by Crippen LogP contribution is -2.33. The van der Waals surface area contributed by atoms with Crippen molar-refractivity contribution in [1.29, 1.82) is 0 Å². The number of amides is 2. The van der Waals surface area contributed by atoms with Crippen LogP contribution in [0.5, 0.6) is 0 Å². The molecule has 0 fully saturated rings. The summed E-state index contributed by atoms with van der Waals surface area (Å²) in [6, 6.07) is 5.54. The van der Waals surface area contributed by atoms with E-state index in [4.69, 9.17) is 0 Å². The second-order valence-electron chi connectivity index (χ2n) is 3.72. The molecule has 0 atom stereocenters. The minimum absolute atomic E-state index is 0.00545. The summed E-state index contributed by atoms with van der Waals surface area (Å²) in [4.78, 5) is 22.8. The van der Waals surface area contributed by atoms with Crippen molar-refractivity contribution in [3.8, 4) is 0 Å². The first-order chi connectivity index (χ1) is 8.52. The maximum Gasteiger partial charge on any atom is 0.243 e. The largest absolute Gasteiger partial charge is 0.346 e. The molecule has 1 rings (SSSR count). The first-order valence-electron chi connectivity index (χ1n) is 5.34. The summed E-state index contributed by atoms with van der Waals surface area (Å²) in [6.45, 7) is 1.94. The number of carbonyl (C=O) groups excluding carboxylic acids is 2. The van der Waals surface area contributed by atoms with Gasteiger partial charge in [0, 0.05) is 10.2 Å². The predicted octanol–water partition coefficient (Wildman–Crippen LogP) is 2.18. The van der Waals surface area contributed by atoms with E-state index in [-0.39, 0.29) is 18.4 Å². The molecule has 4 nitrogen and oxygen atoms in total. The molecule has 6 heteroatoms. The van der Waals surface area contributed by atoms with Crippen molar-refractivity contribution in [2.45, 2.75) is 6.92 Å². The molecule has 0 aliphatic rings. The lowest BCUT2D eigenvalue weighted by molar-refractivity contribution is -0.122. The summed E-state index contributed by atoms with van der Waals surface area (Å²) >= 11 is 4.81. The summed E-state index contributed by atoms with van der Waals surface area (Å²) < 4.78 is 0.994. The van der Waals surface area contributed by atoms with Crippen LogP contribution < -0.4 is 10.6 Å². The third kappa shape index (κ3) is 5.10. The van der Waals surface area contributed by atoms with Crippen molar-refractivity contribution in [1.82, 2.24) is 5.32 Å². The molecule has 18 heavy (non-hydrogen) atoms. The van der Waals surface area contributed by atoms with Gasteiger partial charge in [-0.05, 0) is 36.9 Å². The van der Waals surface area contributed by atoms with Gasteiger partial charge in [0.05, 0.1) is 12.3 Å². The smallest absolute Gasteiger partial charge is 0.243 e. The molecular weight excluding hydrogens is 316 g/mol. The van der Waals surface area contributed by atoms with E-state index in [1.807, 2.05) is 25.3 Å². The summed E-state index contributed by atoms with van der Waals surface area (Å²) in [7, 11) is 0. The first-order valence-corrected chi connectivity index (χ1v) is 7.53. The third-order valence-corrected chi connectivity index (χ3v) is 3.60. The summed E-state index contributed by atoms with van der Waals surface area (Å²) in [5.41, 5.74) is 1.76. The zero-order valence-electron chi connectivity index (χ0n) is 10.2. The molecule has 0 spiro atoms. The Morgan fingerprint density at radius 1 is 1.33 bits per heavy atom. The molecule has 1 aromatic carbocycles. The quantitative estimate of drug-likeness (QED) is 0.869. The molecule has 0 aliphatic heterocycles. The predicted molar refractivity (Wildman–Crippen MR) is 78.9 cm³/mol. The van der Waals surface area contributed by atoms with Crippen molar-refractivity contribution < 1.29 is 9.59 Å². The van der Waals surface area contributed by atoms with Gasteiger partial charge in [-0.3, -0.25) is 9.59 Å². The van der Waals surface area contributed by atoms with Crippen LogP contribution in [0.25, 0.3) is 0 Å². The van der Waals surface area contributed by atoms with Crippen molar-refractivity contribution in [3.63, 3.8) is 0 Å². The van der Waals surface area contributed by atoms with Crippen LogP contribution in [-0.2, 0) is 9.59 Å². The van der Waals surface area contributed by atoms with Gasteiger partial charge in [-0.2, -0.15) is 11.8 Å². The number of aryl methyl sites for hydroxylation is 1. The first kappa shape index (κ1) is 15.0. The molecule has 2 amide bonds. The van der Waals surface area contributed by atoms with E-state index < -0.39 is 0 Å². The zero-order chi connectivity index (χ0) is 13.5. The van der Waals surface area contributed by atoms with Gasteiger partial charge in [-0.15, -0.1) is 0 Å². The fourth-order valence-electron chi connectivity index (χ4n) is 1.29. The van der Waals surface area contributed by atoms with Gasteiger partial charge in [-0.25, -0.2) is 0 Å². The molecule has 98 valence electrons. The Morgan fingerprint density at radius 3 is 2.67 bits per heavy atom. The average molecular weight is 331 g/mol. The lowest BCUT2D eigenvalue weighted by atomic mass is 10.2. The summed E-state index contributed by atoms with van der Waals surface area (Å²) in [5, 5.41) is 5.27. The number of hydrogen-bond acceptors (Lipinski definition) is 3. The topological polar surface area (TPSA) is 58.2 Å². The molecular formula is C12H15BrN2O2S. The van der Waals surface area contributed by atoms with Gasteiger partial charge >= 0.3 is 0 Å². The van der Waals surface area contributed by atoms with Crippen LogP contribution >= 0.6 is 27.7 Å². The monoisotopic (exact) mass is 330 g/mol. The normalized spacial score (nSPS) is 9.94. The summed E-state index contributed by atoms with van der Waals surface area (Å²) in [5.74, 6) is 0.000757. The maximum absolute atomic E-state index is 11.6. The molecule has 1 aromatic rings. The second-order valence-corrected chi connectivity index (χ2v) is 5.44. The molecule has 0 saturated carbocycles. The highest BCUT2D eigenvalue weighted by Gasteiger charge is 2.06. The minimum atomic E-state index is -0.230. The highest BCUT2D eigenvalue weighted by molar-refractivity contribution is 9.10. The Bertz CT molecular complexity index is 452. The van der Waals surface area contributed by atoms with Gasteiger partial charge in [0.25, 0.3) is 0 Å². The van der Waals surface area contributed by atoms with Gasteiger partial charge in [0.15, 0.2) is 0 Å². The van der Waals surface area contributed by atoms with Crippen molar-refractivity contribution in [2.24, 2.45) is 0 Å². The Kier molecular flexibility index (Phi) is 6.21. The molecule has 0 bridgehead atoms. The fourth-order valence-corrected chi connectivity index (χ4v) is 1.90. The van der Waals surface area contributed by atoms with E-state index in [2.05, 4.69) is 26.6 Å². The van der Waals surface area contributed by atoms with E-state index in [9.17, 15) is 9.59 Å². The SMILES string of the molecule is CSCC(=O)NCC(=O)Nc1ccc(Br)c(C)c1. The number of thioether (sulfide) groups is 1. The highest BCUT2D eigenvalue weighted by atomic mass is 79.9. The summed E-state index contributed by atoms with van der Waals surface area (Å²) in [6.07, 6.45) is 1.84. The standard InChI is InChI=1S/C12H15BrN2O2S/c1-8-5-9(3-4-10(8)13)15-11(16)6-14-12(17)7-18-2/h3-5H,6-7H2,1-2H3,(H,14,17)(H,15,16). The van der Waals surface area contributed by atoms with E-state index in [1.54, 1.807) is 6.07 Å². The third-order valence-electron chi connectivity index (χ3n) is 2.16. The van der Waals surface area contributed by atoms with Gasteiger partial charge in [0.1, 0.15) is 0 Å². The number of rotatable bonds is 5. The Morgan fingerprint density at radius 2 is 2.06 bits per heavy atom. The maximum atomic E-state index is 11.6. The Labute approximate surface area is 119 Å². The average Bonchev–Trinajstić information content (AvgIpc) is 2.32. The van der Waals surface area contributed by atoms with Gasteiger partial charge in [-0.1, -0.05) is 15.9 Å². The molecule has 0 saturated heterocycles. The van der Waals surface area contributed by atoms with Gasteiger partial charge < -0.3 is 10.6 Å². The molecule has 0 heterocycles. The van der Waals surface area contributed by atoms with Crippen LogP contribution in [0.2, 0.25) is 0 Å². The number of halogens is 1. The molecule has 2 N–H and O–H groups in total. The van der Waals surface area contributed by atoms with Crippen LogP contribution in [0.1, 0.15) is 5.56 Å². The number of anilines is 1. The van der Waals surface area contributed by atoms with Crippen LogP contribution in [0.4, 0.5) is 5.69 Å². The van der Waals surface area contributed by atoms with Crippen LogP contribution in [0.15, 0.2) is 22.7 Å². The van der Waals surface area contributed by atoms with Gasteiger partial charge in [0.2, 0.25) is 11.8 Å². The molecule has 0 unspecified atom stereocenters. The van der Waals surface area contributed by atoms with E-state index in [1.165, 1.54) is 11.8 Å². The lowest BCUT2D eigenvalue weighted by Gasteiger charge is -2.08. The number of nitrogens with one attached hydrogen (secondary N) is 2. The van der Waals surface area contributed by atoms with Crippen molar-refractivity contribution >= 4 is 45.2 Å². The molecule has 0 radical (unpaired) electrons. The fraction of sp³-hybridized carbons (Fsp3) is 0.333. The zero-order valence-corrected chi connectivity index (χ0v) is 12.7. The van der Waals surface area contributed by atoms with Crippen LogP contribution in [0.3, 0.4) is 0 Å². The van der Waals surface area contributed by atoms with E-state index in [0.717, 1.165) is 15.7 Å². The number of hydrogen-bond donors (Lipinski definition) is 2. The van der Waals surface area contributed by atoms with E-state index in [0.29, 0.717) is 5.75 Å². The van der Waals surface area contributed by atoms with Crippen molar-refractivity contribution in [3.05, 3.63) is 28.2 Å². The Hall–Kier alpha value is -1.01. The number of carbonyl (C=O) groups is 2. The minimum Gasteiger partial charge on any atom is -0.346 e. The Balaban J connectivity index is 2.44. The second kappa shape index (κ2) is 7.43. The highest BCUT2D eigenvalue weighted by Crippen LogP contribution is 2.19.